The van der Waals surface area contributed by atoms with E-state index < -0.39 is 5.41 Å². The van der Waals surface area contributed by atoms with Crippen molar-refractivity contribution in [3.05, 3.63) is 89.5 Å². The van der Waals surface area contributed by atoms with Crippen LogP contribution in [-0.2, 0) is 5.41 Å². The fraction of sp³-hybridized carbons (Fsp3) is 0.174. The van der Waals surface area contributed by atoms with E-state index in [2.05, 4.69) is 5.16 Å². The Balaban J connectivity index is 2.33. The van der Waals surface area contributed by atoms with Gasteiger partial charge in [0.2, 0.25) is 0 Å². The van der Waals surface area contributed by atoms with E-state index in [0.29, 0.717) is 17.2 Å². The number of amidine groups is 1. The molecule has 0 aromatic heterocycles. The fourth-order valence-corrected chi connectivity index (χ4v) is 3.54. The third-order valence-corrected chi connectivity index (χ3v) is 5.06. The van der Waals surface area contributed by atoms with Crippen LogP contribution in [0.5, 0.6) is 17.2 Å². The van der Waals surface area contributed by atoms with Gasteiger partial charge in [-0.1, -0.05) is 41.6 Å². The number of oxime groups is 1. The van der Waals surface area contributed by atoms with Crippen molar-refractivity contribution in [1.82, 2.24) is 0 Å². The normalized spacial score (nSPS) is 11.8. The first-order valence-corrected chi connectivity index (χ1v) is 9.01. The van der Waals surface area contributed by atoms with Gasteiger partial charge in [0, 0.05) is 0 Å². The average molecular weight is 392 g/mol. The quantitative estimate of drug-likeness (QED) is 0.210. The number of hydrogen-bond acceptors (Lipinski definition) is 5. The standard InChI is InChI=1S/C23H24N2O4/c1-27-19-10-4-16(5-11-19)23(22(24)25-26,17-6-12-20(28-2)13-7-17)18-8-14-21(29-3)15-9-18/h4-15,26H,1-3H3,(H2,24,25). The highest BCUT2D eigenvalue weighted by atomic mass is 16.5. The molecule has 0 amide bonds. The molecule has 0 fully saturated rings. The molecule has 3 aromatic rings. The Hall–Kier alpha value is -3.67. The van der Waals surface area contributed by atoms with E-state index >= 15 is 0 Å². The predicted molar refractivity (Wildman–Crippen MR) is 112 cm³/mol. The number of ether oxygens (including phenoxy) is 3. The zero-order chi connectivity index (χ0) is 20.9. The first-order chi connectivity index (χ1) is 14.1. The molecule has 6 nitrogen and oxygen atoms in total. The molecule has 29 heavy (non-hydrogen) atoms. The predicted octanol–water partition coefficient (Wildman–Crippen LogP) is 3.79. The van der Waals surface area contributed by atoms with Gasteiger partial charge in [0.25, 0.3) is 0 Å². The second kappa shape index (κ2) is 8.56. The van der Waals surface area contributed by atoms with Crippen LogP contribution in [0, 0.1) is 0 Å². The second-order valence-electron chi connectivity index (χ2n) is 6.42. The van der Waals surface area contributed by atoms with Crippen LogP contribution in [0.2, 0.25) is 0 Å². The van der Waals surface area contributed by atoms with Crippen molar-refractivity contribution in [2.45, 2.75) is 5.41 Å². The summed E-state index contributed by atoms with van der Waals surface area (Å²) in [5, 5.41) is 13.2. The van der Waals surface area contributed by atoms with Crippen molar-refractivity contribution in [2.24, 2.45) is 10.9 Å². The van der Waals surface area contributed by atoms with E-state index in [9.17, 15) is 5.21 Å². The van der Waals surface area contributed by atoms with Crippen LogP contribution >= 0.6 is 0 Å². The highest BCUT2D eigenvalue weighted by Crippen LogP contribution is 2.41. The van der Waals surface area contributed by atoms with Crippen LogP contribution < -0.4 is 19.9 Å². The number of benzene rings is 3. The van der Waals surface area contributed by atoms with E-state index in [4.69, 9.17) is 19.9 Å². The van der Waals surface area contributed by atoms with Crippen molar-refractivity contribution in [3.8, 4) is 17.2 Å². The lowest BCUT2D eigenvalue weighted by Gasteiger charge is -2.34. The molecule has 0 saturated heterocycles. The molecule has 3 N–H and O–H groups in total. The third-order valence-electron chi connectivity index (χ3n) is 5.06. The molecule has 3 rings (SSSR count). The van der Waals surface area contributed by atoms with Gasteiger partial charge in [0.05, 0.1) is 21.3 Å². The van der Waals surface area contributed by atoms with Gasteiger partial charge >= 0.3 is 0 Å². The summed E-state index contributed by atoms with van der Waals surface area (Å²) in [5.74, 6) is 2.18. The Morgan fingerprint density at radius 3 is 1.14 bits per heavy atom. The smallest absolute Gasteiger partial charge is 0.158 e. The molecule has 0 saturated carbocycles. The Bertz CT molecular complexity index is 850. The molecule has 6 heteroatoms. The summed E-state index contributed by atoms with van der Waals surface area (Å²) in [4.78, 5) is 0. The molecule has 0 heterocycles. The summed E-state index contributed by atoms with van der Waals surface area (Å²) < 4.78 is 15.9. The van der Waals surface area contributed by atoms with E-state index in [-0.39, 0.29) is 5.84 Å². The van der Waals surface area contributed by atoms with Crippen LogP contribution in [0.15, 0.2) is 78.0 Å². The van der Waals surface area contributed by atoms with E-state index in [1.165, 1.54) is 0 Å². The summed E-state index contributed by atoms with van der Waals surface area (Å²) in [6.45, 7) is 0. The molecule has 0 bridgehead atoms. The SMILES string of the molecule is COc1ccc(C(/C(N)=N/O)(c2ccc(OC)cc2)c2ccc(OC)cc2)cc1. The number of rotatable bonds is 7. The maximum absolute atomic E-state index is 9.75. The maximum atomic E-state index is 9.75. The molecule has 150 valence electrons. The molecule has 0 aliphatic carbocycles. The van der Waals surface area contributed by atoms with Gasteiger partial charge in [-0.25, -0.2) is 0 Å². The Morgan fingerprint density at radius 1 is 0.655 bits per heavy atom. The molecule has 3 aromatic carbocycles. The van der Waals surface area contributed by atoms with Gasteiger partial charge in [-0.15, -0.1) is 0 Å². The molecule has 0 atom stereocenters. The van der Waals surface area contributed by atoms with Gasteiger partial charge in [-0.3, -0.25) is 0 Å². The topological polar surface area (TPSA) is 86.3 Å². The fourth-order valence-electron chi connectivity index (χ4n) is 3.54. The van der Waals surface area contributed by atoms with Crippen LogP contribution in [0.25, 0.3) is 0 Å². The van der Waals surface area contributed by atoms with E-state index in [1.54, 1.807) is 21.3 Å². The van der Waals surface area contributed by atoms with Gasteiger partial charge in [0.1, 0.15) is 22.7 Å². The van der Waals surface area contributed by atoms with Crippen LogP contribution in [0.1, 0.15) is 16.7 Å². The van der Waals surface area contributed by atoms with Crippen molar-refractivity contribution in [2.75, 3.05) is 21.3 Å². The Labute approximate surface area is 170 Å². The lowest BCUT2D eigenvalue weighted by Crippen LogP contribution is -2.43. The Kier molecular flexibility index (Phi) is 5.93. The molecular formula is C23H24N2O4. The molecule has 0 spiro atoms. The van der Waals surface area contributed by atoms with Gasteiger partial charge < -0.3 is 25.2 Å². The van der Waals surface area contributed by atoms with Crippen LogP contribution in [0.3, 0.4) is 0 Å². The first-order valence-electron chi connectivity index (χ1n) is 9.01. The van der Waals surface area contributed by atoms with Crippen molar-refractivity contribution in [1.29, 1.82) is 0 Å². The van der Waals surface area contributed by atoms with Gasteiger partial charge in [-0.05, 0) is 53.1 Å². The molecule has 0 aliphatic heterocycles. The summed E-state index contributed by atoms with van der Waals surface area (Å²) >= 11 is 0. The Morgan fingerprint density at radius 2 is 0.931 bits per heavy atom. The van der Waals surface area contributed by atoms with Crippen LogP contribution in [-0.4, -0.2) is 32.4 Å². The maximum Gasteiger partial charge on any atom is 0.158 e. The minimum Gasteiger partial charge on any atom is -0.497 e. The van der Waals surface area contributed by atoms with Crippen molar-refractivity contribution < 1.29 is 19.4 Å². The minimum atomic E-state index is -1.03. The lowest BCUT2D eigenvalue weighted by atomic mass is 9.68. The van der Waals surface area contributed by atoms with E-state index in [1.807, 2.05) is 72.8 Å². The monoisotopic (exact) mass is 392 g/mol. The largest absolute Gasteiger partial charge is 0.497 e. The molecule has 0 radical (unpaired) electrons. The third kappa shape index (κ3) is 3.57. The molecular weight excluding hydrogens is 368 g/mol. The van der Waals surface area contributed by atoms with Crippen molar-refractivity contribution in [3.63, 3.8) is 0 Å². The number of methoxy groups -OCH3 is 3. The summed E-state index contributed by atoms with van der Waals surface area (Å²) in [6.07, 6.45) is 0. The average Bonchev–Trinajstić information content (AvgIpc) is 2.80. The summed E-state index contributed by atoms with van der Waals surface area (Å²) in [7, 11) is 4.83. The number of nitrogens with two attached hydrogens (primary N) is 1. The molecule has 0 aliphatic rings. The minimum absolute atomic E-state index is 0.0398. The lowest BCUT2D eigenvalue weighted by molar-refractivity contribution is 0.314. The van der Waals surface area contributed by atoms with Gasteiger partial charge in [-0.2, -0.15) is 0 Å². The molecule has 0 unspecified atom stereocenters. The summed E-state index contributed by atoms with van der Waals surface area (Å²) in [6, 6.07) is 22.5. The zero-order valence-corrected chi connectivity index (χ0v) is 16.6. The zero-order valence-electron chi connectivity index (χ0n) is 16.6. The van der Waals surface area contributed by atoms with E-state index in [0.717, 1.165) is 16.7 Å². The second-order valence-corrected chi connectivity index (χ2v) is 6.42. The summed E-state index contributed by atoms with van der Waals surface area (Å²) in [5.41, 5.74) is 7.81. The highest BCUT2D eigenvalue weighted by molar-refractivity contribution is 5.98. The van der Waals surface area contributed by atoms with Gasteiger partial charge in [0.15, 0.2) is 5.84 Å². The van der Waals surface area contributed by atoms with Crippen molar-refractivity contribution >= 4 is 5.84 Å². The number of hydrogen-bond donors (Lipinski definition) is 2. The highest BCUT2D eigenvalue weighted by Gasteiger charge is 2.41. The van der Waals surface area contributed by atoms with Crippen LogP contribution in [0.4, 0.5) is 0 Å². The first kappa shape index (κ1) is 20.1. The number of nitrogens with zero attached hydrogens (tertiary/aromatic N) is 1.